The second-order valence-corrected chi connectivity index (χ2v) is 4.75. The van der Waals surface area contributed by atoms with Crippen molar-refractivity contribution in [1.82, 2.24) is 20.2 Å². The molecule has 1 N–H and O–H groups in total. The van der Waals surface area contributed by atoms with Gasteiger partial charge in [-0.1, -0.05) is 48.5 Å². The Labute approximate surface area is 121 Å². The summed E-state index contributed by atoms with van der Waals surface area (Å²) in [5.41, 5.74) is 2.88. The molecule has 0 aliphatic carbocycles. The lowest BCUT2D eigenvalue weighted by Crippen LogP contribution is -1.86. The van der Waals surface area contributed by atoms with E-state index in [-0.39, 0.29) is 0 Å². The minimum atomic E-state index is 0.693. The zero-order chi connectivity index (χ0) is 14.1. The normalized spacial score (nSPS) is 10.9. The van der Waals surface area contributed by atoms with E-state index in [2.05, 4.69) is 20.2 Å². The SMILES string of the molecule is c1ccc(-c2n[nH]c(-c3cccc4cccnc34)n2)cc1. The number of rotatable bonds is 2. The van der Waals surface area contributed by atoms with E-state index in [0.29, 0.717) is 5.82 Å². The summed E-state index contributed by atoms with van der Waals surface area (Å²) < 4.78 is 0. The molecule has 0 spiro atoms. The number of pyridine rings is 1. The van der Waals surface area contributed by atoms with Crippen molar-refractivity contribution in [3.8, 4) is 22.8 Å². The van der Waals surface area contributed by atoms with Crippen molar-refractivity contribution in [3.05, 3.63) is 66.9 Å². The maximum absolute atomic E-state index is 4.59. The van der Waals surface area contributed by atoms with Gasteiger partial charge in [0.15, 0.2) is 11.6 Å². The first-order valence-electron chi connectivity index (χ1n) is 6.74. The van der Waals surface area contributed by atoms with Crippen LogP contribution in [-0.4, -0.2) is 20.2 Å². The molecule has 2 aromatic carbocycles. The van der Waals surface area contributed by atoms with Crippen molar-refractivity contribution in [2.75, 3.05) is 0 Å². The van der Waals surface area contributed by atoms with Crippen LogP contribution in [0.2, 0.25) is 0 Å². The van der Waals surface area contributed by atoms with Gasteiger partial charge in [0, 0.05) is 22.7 Å². The van der Waals surface area contributed by atoms with Gasteiger partial charge in [0.05, 0.1) is 5.52 Å². The van der Waals surface area contributed by atoms with Gasteiger partial charge in [-0.2, -0.15) is 5.10 Å². The van der Waals surface area contributed by atoms with Crippen LogP contribution in [0.3, 0.4) is 0 Å². The summed E-state index contributed by atoms with van der Waals surface area (Å²) >= 11 is 0. The molecule has 4 rings (SSSR count). The monoisotopic (exact) mass is 272 g/mol. The molecule has 4 aromatic rings. The van der Waals surface area contributed by atoms with Crippen LogP contribution in [0, 0.1) is 0 Å². The smallest absolute Gasteiger partial charge is 0.181 e. The number of aromatic amines is 1. The van der Waals surface area contributed by atoms with E-state index < -0.39 is 0 Å². The van der Waals surface area contributed by atoms with Gasteiger partial charge in [-0.3, -0.25) is 10.1 Å². The Balaban J connectivity index is 1.85. The number of nitrogens with zero attached hydrogens (tertiary/aromatic N) is 3. The lowest BCUT2D eigenvalue weighted by molar-refractivity contribution is 1.10. The van der Waals surface area contributed by atoms with Crippen molar-refractivity contribution in [2.24, 2.45) is 0 Å². The first kappa shape index (κ1) is 11.8. The molecule has 100 valence electrons. The number of aromatic nitrogens is 4. The van der Waals surface area contributed by atoms with Crippen LogP contribution in [0.1, 0.15) is 0 Å². The first-order chi connectivity index (χ1) is 10.4. The molecular weight excluding hydrogens is 260 g/mol. The summed E-state index contributed by atoms with van der Waals surface area (Å²) in [6.07, 6.45) is 1.79. The number of H-pyrrole nitrogens is 1. The standard InChI is InChI=1S/C17H12N4/c1-2-6-13(7-3-1)16-19-17(21-20-16)14-10-4-8-12-9-5-11-18-15(12)14/h1-11H,(H,19,20,21). The molecule has 0 aliphatic rings. The molecule has 0 fully saturated rings. The van der Waals surface area contributed by atoms with Crippen LogP contribution in [0.15, 0.2) is 66.9 Å². The number of benzene rings is 2. The number of hydrogen-bond acceptors (Lipinski definition) is 3. The second kappa shape index (κ2) is 4.83. The van der Waals surface area contributed by atoms with Gasteiger partial charge in [0.1, 0.15) is 0 Å². The van der Waals surface area contributed by atoms with E-state index >= 15 is 0 Å². The highest BCUT2D eigenvalue weighted by atomic mass is 15.2. The average molecular weight is 272 g/mol. The summed E-state index contributed by atoms with van der Waals surface area (Å²) in [5.74, 6) is 1.43. The highest BCUT2D eigenvalue weighted by Gasteiger charge is 2.10. The lowest BCUT2D eigenvalue weighted by Gasteiger charge is -2.01. The quantitative estimate of drug-likeness (QED) is 0.605. The van der Waals surface area contributed by atoms with E-state index in [9.17, 15) is 0 Å². The number of nitrogens with one attached hydrogen (secondary N) is 1. The molecule has 0 saturated carbocycles. The Morgan fingerprint density at radius 3 is 2.57 bits per heavy atom. The van der Waals surface area contributed by atoms with Crippen molar-refractivity contribution in [2.45, 2.75) is 0 Å². The van der Waals surface area contributed by atoms with Gasteiger partial charge < -0.3 is 0 Å². The minimum Gasteiger partial charge on any atom is -0.259 e. The Morgan fingerprint density at radius 2 is 1.67 bits per heavy atom. The molecule has 0 bridgehead atoms. The van der Waals surface area contributed by atoms with Crippen molar-refractivity contribution in [3.63, 3.8) is 0 Å². The molecule has 0 radical (unpaired) electrons. The molecule has 2 aromatic heterocycles. The Kier molecular flexibility index (Phi) is 2.71. The van der Waals surface area contributed by atoms with Crippen molar-refractivity contribution >= 4 is 10.9 Å². The second-order valence-electron chi connectivity index (χ2n) is 4.75. The molecule has 21 heavy (non-hydrogen) atoms. The number of para-hydroxylation sites is 1. The van der Waals surface area contributed by atoms with Gasteiger partial charge in [0.2, 0.25) is 0 Å². The van der Waals surface area contributed by atoms with Crippen LogP contribution in [0.25, 0.3) is 33.7 Å². The van der Waals surface area contributed by atoms with Gasteiger partial charge in [-0.05, 0) is 12.1 Å². The molecular formula is C17H12N4. The minimum absolute atomic E-state index is 0.693. The summed E-state index contributed by atoms with van der Waals surface area (Å²) in [7, 11) is 0. The third-order valence-corrected chi connectivity index (χ3v) is 3.41. The van der Waals surface area contributed by atoms with Crippen LogP contribution in [0.4, 0.5) is 0 Å². The molecule has 0 amide bonds. The zero-order valence-electron chi connectivity index (χ0n) is 11.2. The van der Waals surface area contributed by atoms with Crippen molar-refractivity contribution < 1.29 is 0 Å². The largest absolute Gasteiger partial charge is 0.259 e. The molecule has 0 aliphatic heterocycles. The third kappa shape index (κ3) is 2.07. The van der Waals surface area contributed by atoms with Crippen LogP contribution < -0.4 is 0 Å². The highest BCUT2D eigenvalue weighted by Crippen LogP contribution is 2.25. The number of hydrogen-bond donors (Lipinski definition) is 1. The third-order valence-electron chi connectivity index (χ3n) is 3.41. The topological polar surface area (TPSA) is 54.5 Å². The maximum Gasteiger partial charge on any atom is 0.181 e. The Hall–Kier alpha value is -3.01. The molecule has 4 heteroatoms. The first-order valence-corrected chi connectivity index (χ1v) is 6.74. The van der Waals surface area contributed by atoms with E-state index in [1.807, 2.05) is 60.7 Å². The molecule has 4 nitrogen and oxygen atoms in total. The van der Waals surface area contributed by atoms with E-state index in [1.165, 1.54) is 0 Å². The van der Waals surface area contributed by atoms with Crippen LogP contribution in [-0.2, 0) is 0 Å². The highest BCUT2D eigenvalue weighted by molar-refractivity contribution is 5.91. The maximum atomic E-state index is 4.59. The van der Waals surface area contributed by atoms with Crippen molar-refractivity contribution in [1.29, 1.82) is 0 Å². The fourth-order valence-corrected chi connectivity index (χ4v) is 2.39. The molecule has 2 heterocycles. The molecule has 0 saturated heterocycles. The number of fused-ring (bicyclic) bond motifs is 1. The van der Waals surface area contributed by atoms with Gasteiger partial charge in [0.25, 0.3) is 0 Å². The molecule has 0 unspecified atom stereocenters. The summed E-state index contributed by atoms with van der Waals surface area (Å²) in [6.45, 7) is 0. The van der Waals surface area contributed by atoms with Crippen LogP contribution in [0.5, 0.6) is 0 Å². The Morgan fingerprint density at radius 1 is 0.810 bits per heavy atom. The van der Waals surface area contributed by atoms with E-state index in [4.69, 9.17) is 0 Å². The summed E-state index contributed by atoms with van der Waals surface area (Å²) in [4.78, 5) is 9.05. The summed E-state index contributed by atoms with van der Waals surface area (Å²) in [5, 5.41) is 8.41. The average Bonchev–Trinajstić information content (AvgIpc) is 3.05. The zero-order valence-corrected chi connectivity index (χ0v) is 11.2. The fraction of sp³-hybridized carbons (Fsp3) is 0. The van der Waals surface area contributed by atoms with Gasteiger partial charge >= 0.3 is 0 Å². The van der Waals surface area contributed by atoms with E-state index in [0.717, 1.165) is 27.9 Å². The lowest BCUT2D eigenvalue weighted by atomic mass is 10.1. The predicted molar refractivity (Wildman–Crippen MR) is 82.6 cm³/mol. The van der Waals surface area contributed by atoms with Gasteiger partial charge in [-0.15, -0.1) is 0 Å². The Bertz CT molecular complexity index is 891. The van der Waals surface area contributed by atoms with Crippen LogP contribution >= 0.6 is 0 Å². The predicted octanol–water partition coefficient (Wildman–Crippen LogP) is 3.69. The molecule has 0 atom stereocenters. The van der Waals surface area contributed by atoms with E-state index in [1.54, 1.807) is 6.20 Å². The van der Waals surface area contributed by atoms with Gasteiger partial charge in [-0.25, -0.2) is 4.98 Å². The fourth-order valence-electron chi connectivity index (χ4n) is 2.39. The summed E-state index contributed by atoms with van der Waals surface area (Å²) in [6, 6.07) is 19.9.